The van der Waals surface area contributed by atoms with Gasteiger partial charge in [-0.2, -0.15) is 0 Å². The Morgan fingerprint density at radius 2 is 1.96 bits per heavy atom. The second-order valence-electron chi connectivity index (χ2n) is 7.56. The van der Waals surface area contributed by atoms with Crippen LogP contribution in [0.1, 0.15) is 38.7 Å². The smallest absolute Gasteiger partial charge is 0.233 e. The molecule has 27 heavy (non-hydrogen) atoms. The van der Waals surface area contributed by atoms with Crippen molar-refractivity contribution in [3.8, 4) is 0 Å². The standard InChI is InChI=1S/C20H25N5OS/c1-12-8-9-16-15(10-12)18-19(24(16)4)21-20(23-22-18)27-11-17(26)25-13(2)6-5-7-14(25)3/h8-10,13-14H,5-7,11H2,1-4H3. The van der Waals surface area contributed by atoms with Gasteiger partial charge in [0, 0.05) is 24.5 Å². The SMILES string of the molecule is Cc1ccc2c(c1)c1nnc(SCC(=O)N3C(C)CCCC3C)nc1n2C. The molecule has 1 aromatic carbocycles. The number of hydrogen-bond donors (Lipinski definition) is 0. The maximum Gasteiger partial charge on any atom is 0.233 e. The minimum absolute atomic E-state index is 0.163. The Hall–Kier alpha value is -2.15. The summed E-state index contributed by atoms with van der Waals surface area (Å²) in [5.74, 6) is 0.515. The van der Waals surface area contributed by atoms with Crippen molar-refractivity contribution in [2.75, 3.05) is 5.75 Å². The zero-order valence-electron chi connectivity index (χ0n) is 16.3. The number of likely N-dealkylation sites (tertiary alicyclic amines) is 1. The van der Waals surface area contributed by atoms with Crippen molar-refractivity contribution in [3.05, 3.63) is 23.8 Å². The van der Waals surface area contributed by atoms with Crippen molar-refractivity contribution >= 4 is 39.7 Å². The zero-order valence-corrected chi connectivity index (χ0v) is 17.1. The highest BCUT2D eigenvalue weighted by Gasteiger charge is 2.28. The van der Waals surface area contributed by atoms with E-state index in [9.17, 15) is 4.79 Å². The molecule has 1 saturated heterocycles. The second-order valence-corrected chi connectivity index (χ2v) is 8.51. The number of carbonyl (C=O) groups excluding carboxylic acids is 1. The van der Waals surface area contributed by atoms with E-state index in [1.54, 1.807) is 0 Å². The molecule has 0 bridgehead atoms. The van der Waals surface area contributed by atoms with Crippen molar-refractivity contribution in [2.24, 2.45) is 7.05 Å². The van der Waals surface area contributed by atoms with E-state index in [0.29, 0.717) is 23.0 Å². The summed E-state index contributed by atoms with van der Waals surface area (Å²) >= 11 is 1.37. The molecule has 142 valence electrons. The van der Waals surface area contributed by atoms with Crippen molar-refractivity contribution in [2.45, 2.75) is 57.3 Å². The van der Waals surface area contributed by atoms with Gasteiger partial charge in [0.1, 0.15) is 5.52 Å². The van der Waals surface area contributed by atoms with Gasteiger partial charge in [-0.15, -0.1) is 10.2 Å². The van der Waals surface area contributed by atoms with E-state index in [4.69, 9.17) is 0 Å². The second kappa shape index (κ2) is 7.11. The van der Waals surface area contributed by atoms with Gasteiger partial charge in [0.05, 0.1) is 11.3 Å². The molecule has 0 radical (unpaired) electrons. The van der Waals surface area contributed by atoms with E-state index >= 15 is 0 Å². The Kier molecular flexibility index (Phi) is 4.80. The maximum atomic E-state index is 12.7. The van der Waals surface area contributed by atoms with Crippen LogP contribution in [0.25, 0.3) is 22.1 Å². The number of aromatic nitrogens is 4. The molecule has 0 saturated carbocycles. The Bertz CT molecular complexity index is 1000. The number of carbonyl (C=O) groups is 1. The van der Waals surface area contributed by atoms with Gasteiger partial charge in [-0.1, -0.05) is 23.4 Å². The van der Waals surface area contributed by atoms with Gasteiger partial charge < -0.3 is 9.47 Å². The van der Waals surface area contributed by atoms with E-state index in [1.807, 2.05) is 16.5 Å². The highest BCUT2D eigenvalue weighted by molar-refractivity contribution is 7.99. The van der Waals surface area contributed by atoms with E-state index in [2.05, 4.69) is 54.2 Å². The Morgan fingerprint density at radius 3 is 2.70 bits per heavy atom. The molecule has 6 nitrogen and oxygen atoms in total. The first kappa shape index (κ1) is 18.2. The van der Waals surface area contributed by atoms with Crippen molar-refractivity contribution < 1.29 is 4.79 Å². The van der Waals surface area contributed by atoms with Crippen LogP contribution in [0.15, 0.2) is 23.4 Å². The first-order chi connectivity index (χ1) is 13.0. The number of amides is 1. The molecule has 7 heteroatoms. The van der Waals surface area contributed by atoms with Crippen LogP contribution >= 0.6 is 11.8 Å². The molecule has 2 unspecified atom stereocenters. The van der Waals surface area contributed by atoms with Crippen LogP contribution in [0, 0.1) is 6.92 Å². The number of aryl methyl sites for hydroxylation is 2. The third-order valence-corrected chi connectivity index (χ3v) is 6.36. The van der Waals surface area contributed by atoms with Crippen LogP contribution in [-0.4, -0.2) is 48.4 Å². The van der Waals surface area contributed by atoms with Crippen LogP contribution in [0.5, 0.6) is 0 Å². The number of piperidine rings is 1. The maximum absolute atomic E-state index is 12.7. The lowest BCUT2D eigenvalue weighted by Crippen LogP contribution is -2.48. The number of nitrogens with zero attached hydrogens (tertiary/aromatic N) is 5. The number of rotatable bonds is 3. The topological polar surface area (TPSA) is 63.9 Å². The van der Waals surface area contributed by atoms with Gasteiger partial charge in [-0.05, 0) is 52.2 Å². The molecule has 1 aliphatic heterocycles. The Labute approximate surface area is 163 Å². The van der Waals surface area contributed by atoms with Crippen LogP contribution in [-0.2, 0) is 11.8 Å². The summed E-state index contributed by atoms with van der Waals surface area (Å²) in [6.07, 6.45) is 3.36. The summed E-state index contributed by atoms with van der Waals surface area (Å²) in [6.45, 7) is 6.34. The predicted octanol–water partition coefficient (Wildman–Crippen LogP) is 3.71. The minimum atomic E-state index is 0.163. The van der Waals surface area contributed by atoms with Crippen molar-refractivity contribution in [1.29, 1.82) is 0 Å². The van der Waals surface area contributed by atoms with E-state index in [0.717, 1.165) is 34.9 Å². The molecule has 3 aromatic rings. The van der Waals surface area contributed by atoms with Gasteiger partial charge in [0.15, 0.2) is 5.65 Å². The summed E-state index contributed by atoms with van der Waals surface area (Å²) in [6, 6.07) is 6.91. The summed E-state index contributed by atoms with van der Waals surface area (Å²) in [5, 5.41) is 10.3. The summed E-state index contributed by atoms with van der Waals surface area (Å²) in [5.41, 5.74) is 3.89. The number of benzene rings is 1. The molecule has 0 spiro atoms. The van der Waals surface area contributed by atoms with Gasteiger partial charge in [0.2, 0.25) is 11.1 Å². The summed E-state index contributed by atoms with van der Waals surface area (Å²) in [7, 11) is 1.99. The molecule has 1 amide bonds. The van der Waals surface area contributed by atoms with Crippen LogP contribution < -0.4 is 0 Å². The van der Waals surface area contributed by atoms with E-state index < -0.39 is 0 Å². The number of hydrogen-bond acceptors (Lipinski definition) is 5. The lowest BCUT2D eigenvalue weighted by Gasteiger charge is -2.39. The molecule has 3 heterocycles. The first-order valence-electron chi connectivity index (χ1n) is 9.49. The quantitative estimate of drug-likeness (QED) is 0.645. The molecule has 0 aliphatic carbocycles. The van der Waals surface area contributed by atoms with Gasteiger partial charge >= 0.3 is 0 Å². The average molecular weight is 384 g/mol. The molecule has 2 atom stereocenters. The fourth-order valence-electron chi connectivity index (χ4n) is 4.13. The fraction of sp³-hybridized carbons (Fsp3) is 0.500. The lowest BCUT2D eigenvalue weighted by atomic mass is 9.98. The number of fused-ring (bicyclic) bond motifs is 3. The van der Waals surface area contributed by atoms with E-state index in [-0.39, 0.29) is 5.91 Å². The third-order valence-electron chi connectivity index (χ3n) is 5.54. The van der Waals surface area contributed by atoms with Crippen LogP contribution in [0.2, 0.25) is 0 Å². The van der Waals surface area contributed by atoms with Gasteiger partial charge in [0.25, 0.3) is 0 Å². The Morgan fingerprint density at radius 1 is 1.22 bits per heavy atom. The normalized spacial score (nSPS) is 20.5. The monoisotopic (exact) mass is 383 g/mol. The molecule has 1 fully saturated rings. The Balaban J connectivity index is 1.57. The lowest BCUT2D eigenvalue weighted by molar-refractivity contribution is -0.134. The highest BCUT2D eigenvalue weighted by Crippen LogP contribution is 2.28. The number of thioether (sulfide) groups is 1. The highest BCUT2D eigenvalue weighted by atomic mass is 32.2. The summed E-state index contributed by atoms with van der Waals surface area (Å²) < 4.78 is 2.04. The van der Waals surface area contributed by atoms with Gasteiger partial charge in [-0.3, -0.25) is 4.79 Å². The molecule has 1 aliphatic rings. The summed E-state index contributed by atoms with van der Waals surface area (Å²) in [4.78, 5) is 19.4. The van der Waals surface area contributed by atoms with Crippen LogP contribution in [0.3, 0.4) is 0 Å². The molecular weight excluding hydrogens is 358 g/mol. The average Bonchev–Trinajstić information content (AvgIpc) is 2.91. The minimum Gasteiger partial charge on any atom is -0.337 e. The van der Waals surface area contributed by atoms with Crippen LogP contribution in [0.4, 0.5) is 0 Å². The van der Waals surface area contributed by atoms with Crippen molar-refractivity contribution in [1.82, 2.24) is 24.6 Å². The molecule has 2 aromatic heterocycles. The molecule has 0 N–H and O–H groups in total. The van der Waals surface area contributed by atoms with E-state index in [1.165, 1.54) is 23.7 Å². The third kappa shape index (κ3) is 3.29. The molecular formula is C20H25N5OS. The molecule has 4 rings (SSSR count). The van der Waals surface area contributed by atoms with Gasteiger partial charge in [-0.25, -0.2) is 4.98 Å². The zero-order chi connectivity index (χ0) is 19.1. The largest absolute Gasteiger partial charge is 0.337 e. The fourth-order valence-corrected chi connectivity index (χ4v) is 4.78. The first-order valence-corrected chi connectivity index (χ1v) is 10.5. The predicted molar refractivity (Wildman–Crippen MR) is 109 cm³/mol. The van der Waals surface area contributed by atoms with Crippen molar-refractivity contribution in [3.63, 3.8) is 0 Å².